The molecule has 52 heavy (non-hydrogen) atoms. The van der Waals surface area contributed by atoms with Gasteiger partial charge in [-0.15, -0.1) is 0 Å². The number of hydrogen-bond donors (Lipinski definition) is 0. The number of anilines is 3. The van der Waals surface area contributed by atoms with Gasteiger partial charge in [-0.05, 0) is 96.2 Å². The molecule has 1 aliphatic rings. The highest BCUT2D eigenvalue weighted by molar-refractivity contribution is 6.15. The van der Waals surface area contributed by atoms with E-state index in [9.17, 15) is 0 Å². The molecule has 0 radical (unpaired) electrons. The molecule has 0 N–H and O–H groups in total. The molecule has 0 bridgehead atoms. The highest BCUT2D eigenvalue weighted by atomic mass is 15.1. The van der Waals surface area contributed by atoms with Crippen LogP contribution in [-0.4, -0.2) is 0 Å². The minimum atomic E-state index is -0.197. The summed E-state index contributed by atoms with van der Waals surface area (Å²) in [6.07, 6.45) is 0. The van der Waals surface area contributed by atoms with Gasteiger partial charge in [0.2, 0.25) is 0 Å². The molecule has 1 heteroatoms. The van der Waals surface area contributed by atoms with E-state index in [0.717, 1.165) is 11.4 Å². The Labute approximate surface area is 305 Å². The molecule has 10 rings (SSSR count). The summed E-state index contributed by atoms with van der Waals surface area (Å²) in [4.78, 5) is 2.50. The fraction of sp³-hybridized carbons (Fsp3) is 0.0588. The summed E-state index contributed by atoms with van der Waals surface area (Å²) in [6, 6.07) is 69.2. The maximum Gasteiger partial charge on any atom is 0.0546 e. The standard InChI is InChI=1S/C51H37N/c1-51(2)47-31-37(40-25-14-19-34-17-6-8-20-39(34)40)27-29-44(47)45-30-28-38(33-48(45)51)52(49-26-13-12-22-42(49)35-15-4-3-5-16-35)50-32-36-18-7-9-21-41(36)43-23-10-11-24-46(43)50/h3-33H,1-2H3. The van der Waals surface area contributed by atoms with Gasteiger partial charge in [-0.25, -0.2) is 0 Å². The van der Waals surface area contributed by atoms with Crippen molar-refractivity contribution in [1.82, 2.24) is 0 Å². The number of hydrogen-bond acceptors (Lipinski definition) is 1. The van der Waals surface area contributed by atoms with Crippen LogP contribution in [0.25, 0.3) is 65.7 Å². The van der Waals surface area contributed by atoms with Gasteiger partial charge < -0.3 is 4.90 Å². The van der Waals surface area contributed by atoms with Crippen LogP contribution in [0.2, 0.25) is 0 Å². The third kappa shape index (κ3) is 4.70. The van der Waals surface area contributed by atoms with E-state index in [0.29, 0.717) is 0 Å². The van der Waals surface area contributed by atoms with Crippen molar-refractivity contribution in [2.75, 3.05) is 4.90 Å². The molecule has 0 unspecified atom stereocenters. The molecule has 0 aliphatic heterocycles. The van der Waals surface area contributed by atoms with Crippen molar-refractivity contribution >= 4 is 49.4 Å². The minimum Gasteiger partial charge on any atom is -0.309 e. The molecule has 1 aliphatic carbocycles. The average molecular weight is 664 g/mol. The first-order valence-electron chi connectivity index (χ1n) is 18.2. The van der Waals surface area contributed by atoms with Crippen molar-refractivity contribution in [2.45, 2.75) is 19.3 Å². The van der Waals surface area contributed by atoms with Gasteiger partial charge in [0.25, 0.3) is 0 Å². The summed E-state index contributed by atoms with van der Waals surface area (Å²) < 4.78 is 0. The number of fused-ring (bicyclic) bond motifs is 7. The van der Waals surface area contributed by atoms with Crippen LogP contribution in [0.15, 0.2) is 188 Å². The molecule has 0 fully saturated rings. The second kappa shape index (κ2) is 11.8. The number of benzene rings is 9. The Morgan fingerprint density at radius 3 is 1.77 bits per heavy atom. The lowest BCUT2D eigenvalue weighted by Crippen LogP contribution is -2.17. The fourth-order valence-electron chi connectivity index (χ4n) is 8.67. The summed E-state index contributed by atoms with van der Waals surface area (Å²) in [7, 11) is 0. The Kier molecular flexibility index (Phi) is 6.91. The van der Waals surface area contributed by atoms with Crippen LogP contribution in [0, 0.1) is 0 Å². The summed E-state index contributed by atoms with van der Waals surface area (Å²) in [6.45, 7) is 4.78. The second-order valence-electron chi connectivity index (χ2n) is 14.5. The van der Waals surface area contributed by atoms with Gasteiger partial charge in [0.15, 0.2) is 0 Å². The van der Waals surface area contributed by atoms with Crippen LogP contribution >= 0.6 is 0 Å². The quantitative estimate of drug-likeness (QED) is 0.166. The average Bonchev–Trinajstić information content (AvgIpc) is 3.43. The van der Waals surface area contributed by atoms with Crippen molar-refractivity contribution in [1.29, 1.82) is 0 Å². The lowest BCUT2D eigenvalue weighted by Gasteiger charge is -2.31. The van der Waals surface area contributed by atoms with Crippen molar-refractivity contribution < 1.29 is 0 Å². The molecule has 0 aromatic heterocycles. The Bertz CT molecular complexity index is 2820. The second-order valence-corrected chi connectivity index (χ2v) is 14.5. The number of nitrogens with zero attached hydrogens (tertiary/aromatic N) is 1. The van der Waals surface area contributed by atoms with E-state index in [4.69, 9.17) is 0 Å². The van der Waals surface area contributed by atoms with Crippen molar-refractivity contribution in [3.63, 3.8) is 0 Å². The predicted octanol–water partition coefficient (Wildman–Crippen LogP) is 14.3. The summed E-state index contributed by atoms with van der Waals surface area (Å²) >= 11 is 0. The summed E-state index contributed by atoms with van der Waals surface area (Å²) in [5.74, 6) is 0. The van der Waals surface area contributed by atoms with Gasteiger partial charge in [-0.3, -0.25) is 0 Å². The van der Waals surface area contributed by atoms with E-state index in [1.807, 2.05) is 0 Å². The lowest BCUT2D eigenvalue weighted by molar-refractivity contribution is 0.660. The SMILES string of the molecule is CC1(C)c2cc(-c3cccc4ccccc34)ccc2-c2ccc(N(c3ccccc3-c3ccccc3)c3cc4ccccc4c4ccccc34)cc21. The lowest BCUT2D eigenvalue weighted by atomic mass is 9.81. The van der Waals surface area contributed by atoms with E-state index >= 15 is 0 Å². The predicted molar refractivity (Wildman–Crippen MR) is 222 cm³/mol. The fourth-order valence-corrected chi connectivity index (χ4v) is 8.67. The molecular formula is C51H37N. The van der Waals surface area contributed by atoms with Crippen molar-refractivity contribution in [3.8, 4) is 33.4 Å². The zero-order valence-electron chi connectivity index (χ0n) is 29.3. The van der Waals surface area contributed by atoms with Gasteiger partial charge in [0.1, 0.15) is 0 Å². The highest BCUT2D eigenvalue weighted by Gasteiger charge is 2.36. The first-order valence-corrected chi connectivity index (χ1v) is 18.2. The molecule has 9 aromatic rings. The molecular weight excluding hydrogens is 627 g/mol. The largest absolute Gasteiger partial charge is 0.309 e. The van der Waals surface area contributed by atoms with Gasteiger partial charge in [0.05, 0.1) is 11.4 Å². The maximum atomic E-state index is 2.50. The highest BCUT2D eigenvalue weighted by Crippen LogP contribution is 2.53. The zero-order valence-corrected chi connectivity index (χ0v) is 29.3. The van der Waals surface area contributed by atoms with Gasteiger partial charge in [-0.1, -0.05) is 172 Å². The zero-order chi connectivity index (χ0) is 34.8. The van der Waals surface area contributed by atoms with Crippen LogP contribution in [-0.2, 0) is 5.41 Å². The van der Waals surface area contributed by atoms with Crippen LogP contribution in [0.3, 0.4) is 0 Å². The molecule has 0 saturated heterocycles. The van der Waals surface area contributed by atoms with Crippen LogP contribution in [0.5, 0.6) is 0 Å². The molecule has 0 saturated carbocycles. The van der Waals surface area contributed by atoms with E-state index in [1.165, 1.54) is 82.5 Å². The monoisotopic (exact) mass is 663 g/mol. The molecule has 0 heterocycles. The van der Waals surface area contributed by atoms with E-state index in [1.54, 1.807) is 0 Å². The Balaban J connectivity index is 1.19. The van der Waals surface area contributed by atoms with Crippen LogP contribution in [0.4, 0.5) is 17.1 Å². The molecule has 0 spiro atoms. The first kappa shape index (κ1) is 30.4. The third-order valence-corrected chi connectivity index (χ3v) is 11.2. The molecule has 1 nitrogen and oxygen atoms in total. The molecule has 246 valence electrons. The van der Waals surface area contributed by atoms with E-state index < -0.39 is 0 Å². The summed E-state index contributed by atoms with van der Waals surface area (Å²) in [5, 5.41) is 7.54. The Hall–Kier alpha value is -6.44. The number of para-hydroxylation sites is 1. The van der Waals surface area contributed by atoms with Gasteiger partial charge >= 0.3 is 0 Å². The molecule has 0 atom stereocenters. The van der Waals surface area contributed by atoms with Crippen molar-refractivity contribution in [2.24, 2.45) is 0 Å². The first-order chi connectivity index (χ1) is 25.6. The Morgan fingerprint density at radius 2 is 0.942 bits per heavy atom. The maximum absolute atomic E-state index is 2.50. The van der Waals surface area contributed by atoms with E-state index in [2.05, 4.69) is 207 Å². The normalized spacial score (nSPS) is 13.0. The Morgan fingerprint density at radius 1 is 0.346 bits per heavy atom. The van der Waals surface area contributed by atoms with Crippen LogP contribution in [0.1, 0.15) is 25.0 Å². The third-order valence-electron chi connectivity index (χ3n) is 11.2. The van der Waals surface area contributed by atoms with Crippen molar-refractivity contribution in [3.05, 3.63) is 199 Å². The van der Waals surface area contributed by atoms with Gasteiger partial charge in [-0.2, -0.15) is 0 Å². The molecule has 0 amide bonds. The van der Waals surface area contributed by atoms with Gasteiger partial charge in [0, 0.05) is 22.1 Å². The topological polar surface area (TPSA) is 3.24 Å². The minimum absolute atomic E-state index is 0.197. The van der Waals surface area contributed by atoms with Crippen LogP contribution < -0.4 is 4.90 Å². The number of rotatable bonds is 5. The van der Waals surface area contributed by atoms with E-state index in [-0.39, 0.29) is 5.41 Å². The smallest absolute Gasteiger partial charge is 0.0546 e. The summed E-state index contributed by atoms with van der Waals surface area (Å²) in [5.41, 5.74) is 13.6. The molecule has 9 aromatic carbocycles.